The van der Waals surface area contributed by atoms with E-state index in [-0.39, 0.29) is 11.8 Å². The highest BCUT2D eigenvalue weighted by Gasteiger charge is 2.37. The third-order valence-corrected chi connectivity index (χ3v) is 7.42. The van der Waals surface area contributed by atoms with Gasteiger partial charge in [-0.1, -0.05) is 11.8 Å². The predicted octanol–water partition coefficient (Wildman–Crippen LogP) is 4.22. The van der Waals surface area contributed by atoms with Crippen molar-refractivity contribution in [2.45, 2.75) is 49.6 Å². The van der Waals surface area contributed by atoms with Gasteiger partial charge in [0.15, 0.2) is 0 Å². The summed E-state index contributed by atoms with van der Waals surface area (Å²) in [7, 11) is 0. The van der Waals surface area contributed by atoms with E-state index in [1.54, 1.807) is 4.57 Å². The number of carbonyl (C=O) groups excluding carboxylic acids is 1. The van der Waals surface area contributed by atoms with Crippen LogP contribution in [-0.4, -0.2) is 59.0 Å². The number of nitrogens with zero attached hydrogens (tertiary/aromatic N) is 3. The minimum Gasteiger partial charge on any atom is -0.379 e. The molecule has 0 spiro atoms. The molecular weight excluding hydrogens is 538 g/mol. The van der Waals surface area contributed by atoms with Crippen molar-refractivity contribution in [2.24, 2.45) is 0 Å². The number of anilines is 1. The summed E-state index contributed by atoms with van der Waals surface area (Å²) >= 11 is 0.943. The van der Waals surface area contributed by atoms with Crippen LogP contribution in [0.1, 0.15) is 35.2 Å². The van der Waals surface area contributed by atoms with E-state index >= 15 is 0 Å². The number of hydrogen-bond donors (Lipinski definition) is 1. The van der Waals surface area contributed by atoms with Gasteiger partial charge in [0.25, 0.3) is 0 Å². The number of thioether (sulfide) groups is 1. The van der Waals surface area contributed by atoms with E-state index in [2.05, 4.69) is 15.2 Å². The number of rotatable bonds is 7. The van der Waals surface area contributed by atoms with Gasteiger partial charge in [-0.15, -0.1) is 0 Å². The Morgan fingerprint density at radius 3 is 2.24 bits per heavy atom. The van der Waals surface area contributed by atoms with Crippen molar-refractivity contribution in [1.29, 1.82) is 0 Å². The molecular formula is C24H26F6N4O3S. The van der Waals surface area contributed by atoms with Gasteiger partial charge in [0, 0.05) is 43.1 Å². The van der Waals surface area contributed by atoms with Crippen LogP contribution in [0, 0.1) is 0 Å². The molecule has 38 heavy (non-hydrogen) atoms. The van der Waals surface area contributed by atoms with Crippen molar-refractivity contribution in [1.82, 2.24) is 14.5 Å². The van der Waals surface area contributed by atoms with E-state index in [0.717, 1.165) is 49.0 Å². The van der Waals surface area contributed by atoms with Gasteiger partial charge < -0.3 is 10.1 Å². The molecule has 0 radical (unpaired) electrons. The third kappa shape index (κ3) is 7.08. The molecule has 0 bridgehead atoms. The van der Waals surface area contributed by atoms with Crippen molar-refractivity contribution in [3.05, 3.63) is 51.1 Å². The summed E-state index contributed by atoms with van der Waals surface area (Å²) in [4.78, 5) is 31.7. The molecule has 14 heteroatoms. The molecule has 2 heterocycles. The summed E-state index contributed by atoms with van der Waals surface area (Å²) < 4.78 is 85.6. The number of carbonyl (C=O) groups is 1. The van der Waals surface area contributed by atoms with Crippen LogP contribution in [0.2, 0.25) is 0 Å². The fraction of sp³-hybridized carbons (Fsp3) is 0.542. The van der Waals surface area contributed by atoms with Gasteiger partial charge in [-0.25, -0.2) is 4.79 Å². The smallest absolute Gasteiger partial charge is 0.379 e. The van der Waals surface area contributed by atoms with Crippen LogP contribution in [0.5, 0.6) is 0 Å². The van der Waals surface area contributed by atoms with Crippen molar-refractivity contribution in [3.8, 4) is 0 Å². The van der Waals surface area contributed by atoms with E-state index in [0.29, 0.717) is 56.3 Å². The van der Waals surface area contributed by atoms with Gasteiger partial charge in [0.05, 0.1) is 30.1 Å². The summed E-state index contributed by atoms with van der Waals surface area (Å²) in [5.41, 5.74) is -2.40. The van der Waals surface area contributed by atoms with Crippen molar-refractivity contribution < 1.29 is 35.9 Å². The Labute approximate surface area is 218 Å². The number of hydrogen-bond acceptors (Lipinski definition) is 6. The number of nitrogens with one attached hydrogen (secondary N) is 1. The van der Waals surface area contributed by atoms with Gasteiger partial charge in [-0.3, -0.25) is 14.3 Å². The number of amides is 1. The zero-order chi connectivity index (χ0) is 27.5. The standard InChI is InChI=1S/C24H26F6N4O3S/c25-23(26,27)15-11-16(24(28,29)30)13-17(12-15)31-20(35)14-38-21-18-3-1-2-4-19(18)34(22(36)32-21)6-5-33-7-9-37-10-8-33/h11-13H,1-10,14H2,(H,31,35). The molecule has 1 N–H and O–H groups in total. The maximum Gasteiger partial charge on any atom is 0.416 e. The highest BCUT2D eigenvalue weighted by atomic mass is 32.2. The monoisotopic (exact) mass is 564 g/mol. The summed E-state index contributed by atoms with van der Waals surface area (Å²) in [6.45, 7) is 3.98. The first-order valence-corrected chi connectivity index (χ1v) is 13.0. The van der Waals surface area contributed by atoms with Gasteiger partial charge in [-0.05, 0) is 43.9 Å². The number of alkyl halides is 6. The lowest BCUT2D eigenvalue weighted by atomic mass is 9.97. The topological polar surface area (TPSA) is 76.5 Å². The number of morpholine rings is 1. The second kappa shape index (κ2) is 11.7. The van der Waals surface area contributed by atoms with Crippen LogP contribution in [0.3, 0.4) is 0 Å². The summed E-state index contributed by atoms with van der Waals surface area (Å²) in [5, 5.41) is 2.48. The van der Waals surface area contributed by atoms with Gasteiger partial charge in [0.2, 0.25) is 5.91 Å². The normalized spacial score (nSPS) is 16.8. The SMILES string of the molecule is O=C(CSc1nc(=O)n(CCN2CCOCC2)c2c1CCCC2)Nc1cc(C(F)(F)F)cc(C(F)(F)F)c1. The molecule has 208 valence electrons. The van der Waals surface area contributed by atoms with Crippen molar-refractivity contribution in [2.75, 3.05) is 43.9 Å². The van der Waals surface area contributed by atoms with Gasteiger partial charge in [-0.2, -0.15) is 31.3 Å². The molecule has 1 aromatic heterocycles. The zero-order valence-electron chi connectivity index (χ0n) is 20.3. The third-order valence-electron chi connectivity index (χ3n) is 6.41. The van der Waals surface area contributed by atoms with E-state index in [1.165, 1.54) is 0 Å². The summed E-state index contributed by atoms with van der Waals surface area (Å²) in [6.07, 6.45) is -6.93. The van der Waals surface area contributed by atoms with Crippen LogP contribution in [0.25, 0.3) is 0 Å². The average molecular weight is 565 g/mol. The quantitative estimate of drug-likeness (QED) is 0.309. The molecule has 0 saturated carbocycles. The fourth-order valence-corrected chi connectivity index (χ4v) is 5.40. The van der Waals surface area contributed by atoms with E-state index in [4.69, 9.17) is 4.74 Å². The molecule has 2 aromatic rings. The molecule has 2 aliphatic rings. The molecule has 1 amide bonds. The average Bonchev–Trinajstić information content (AvgIpc) is 2.86. The Hall–Kier alpha value is -2.58. The van der Waals surface area contributed by atoms with E-state index in [1.807, 2.05) is 0 Å². The molecule has 1 aliphatic heterocycles. The molecule has 4 rings (SSSR count). The summed E-state index contributed by atoms with van der Waals surface area (Å²) in [5.74, 6) is -1.15. The number of halogens is 6. The second-order valence-corrected chi connectivity index (χ2v) is 10.0. The Kier molecular flexibility index (Phi) is 8.72. The molecule has 1 fully saturated rings. The van der Waals surface area contributed by atoms with Gasteiger partial charge in [0.1, 0.15) is 5.03 Å². The Bertz CT molecular complexity index is 1190. The number of fused-ring (bicyclic) bond motifs is 1. The van der Waals surface area contributed by atoms with Crippen LogP contribution < -0.4 is 11.0 Å². The minimum absolute atomic E-state index is 0.00529. The Morgan fingerprint density at radius 1 is 0.974 bits per heavy atom. The number of benzene rings is 1. The lowest BCUT2D eigenvalue weighted by molar-refractivity contribution is -0.143. The predicted molar refractivity (Wildman–Crippen MR) is 128 cm³/mol. The van der Waals surface area contributed by atoms with Crippen molar-refractivity contribution >= 4 is 23.4 Å². The Balaban J connectivity index is 1.48. The molecule has 1 aromatic carbocycles. The maximum absolute atomic E-state index is 13.1. The maximum atomic E-state index is 13.1. The van der Waals surface area contributed by atoms with Crippen molar-refractivity contribution in [3.63, 3.8) is 0 Å². The van der Waals surface area contributed by atoms with Crippen LogP contribution in [-0.2, 0) is 41.3 Å². The minimum atomic E-state index is -5.02. The van der Waals surface area contributed by atoms with Crippen LogP contribution in [0.15, 0.2) is 28.0 Å². The highest BCUT2D eigenvalue weighted by molar-refractivity contribution is 8.00. The first-order chi connectivity index (χ1) is 17.9. The zero-order valence-corrected chi connectivity index (χ0v) is 21.1. The molecule has 0 atom stereocenters. The Morgan fingerprint density at radius 2 is 1.61 bits per heavy atom. The fourth-order valence-electron chi connectivity index (χ4n) is 4.52. The lowest BCUT2D eigenvalue weighted by Gasteiger charge is -2.28. The first-order valence-electron chi connectivity index (χ1n) is 12.1. The lowest BCUT2D eigenvalue weighted by Crippen LogP contribution is -2.40. The number of ether oxygens (including phenoxy) is 1. The van der Waals surface area contributed by atoms with Gasteiger partial charge >= 0.3 is 18.0 Å². The highest BCUT2D eigenvalue weighted by Crippen LogP contribution is 2.37. The van der Waals surface area contributed by atoms with Crippen LogP contribution in [0.4, 0.5) is 32.0 Å². The molecule has 0 unspecified atom stereocenters. The molecule has 1 aliphatic carbocycles. The first kappa shape index (κ1) is 28.4. The molecule has 1 saturated heterocycles. The largest absolute Gasteiger partial charge is 0.416 e. The second-order valence-electron chi connectivity index (χ2n) is 9.07. The summed E-state index contributed by atoms with van der Waals surface area (Å²) in [6, 6.07) is 0.899. The van der Waals surface area contributed by atoms with Crippen LogP contribution >= 0.6 is 11.8 Å². The number of aromatic nitrogens is 2. The van der Waals surface area contributed by atoms with E-state index in [9.17, 15) is 35.9 Å². The molecule has 7 nitrogen and oxygen atoms in total. The van der Waals surface area contributed by atoms with E-state index < -0.39 is 40.8 Å².